The quantitative estimate of drug-likeness (QED) is 0.171. The fraction of sp³-hybridized carbons (Fsp3) is 0.308. The van der Waals surface area contributed by atoms with Crippen LogP contribution in [0.25, 0.3) is 0 Å². The number of hydrogen-bond acceptors (Lipinski definition) is 10. The van der Waals surface area contributed by atoms with E-state index in [1.807, 2.05) is 0 Å². The molecule has 0 heterocycles. The van der Waals surface area contributed by atoms with Crippen LogP contribution in [-0.2, 0) is 14.3 Å². The Morgan fingerprint density at radius 1 is 0.667 bits per heavy atom. The number of benzene rings is 3. The molecule has 2 N–H and O–H groups in total. The molecule has 3 aromatic rings. The molecule has 1 aliphatic carbocycles. The van der Waals surface area contributed by atoms with Crippen LogP contribution in [0.15, 0.2) is 34.0 Å². The van der Waals surface area contributed by atoms with Crippen LogP contribution in [-0.4, -0.2) is 47.0 Å². The second-order valence-corrected chi connectivity index (χ2v) is 13.4. The number of carbonyl (C=O) groups excluding carboxylic acids is 4. The number of aromatic carboxylic acids is 1. The summed E-state index contributed by atoms with van der Waals surface area (Å²) in [5.41, 5.74) is 4.47. The third kappa shape index (κ3) is 6.92. The maximum atomic E-state index is 13.6. The molecule has 11 nitrogen and oxygen atoms in total. The van der Waals surface area contributed by atoms with E-state index < -0.39 is 35.5 Å². The van der Waals surface area contributed by atoms with Crippen LogP contribution in [0.3, 0.4) is 0 Å². The fourth-order valence-corrected chi connectivity index (χ4v) is 6.81. The summed E-state index contributed by atoms with van der Waals surface area (Å²) in [6.07, 6.45) is 2.51. The predicted octanol–water partition coefficient (Wildman–Crippen LogP) is 7.65. The van der Waals surface area contributed by atoms with Crippen molar-refractivity contribution >= 4 is 45.6 Å². The predicted molar refractivity (Wildman–Crippen MR) is 191 cm³/mol. The van der Waals surface area contributed by atoms with E-state index in [-0.39, 0.29) is 61.1 Å². The number of aryl methyl sites for hydroxylation is 1. The lowest BCUT2D eigenvalue weighted by Gasteiger charge is -2.23. The molecule has 0 aliphatic heterocycles. The zero-order valence-corrected chi connectivity index (χ0v) is 31.8. The number of halogens is 1. The third-order valence-corrected chi connectivity index (χ3v) is 10.5. The molecule has 0 fully saturated rings. The third-order valence-electron chi connectivity index (χ3n) is 9.53. The Bertz CT molecular complexity index is 2080. The van der Waals surface area contributed by atoms with Crippen molar-refractivity contribution in [2.75, 3.05) is 7.11 Å². The van der Waals surface area contributed by atoms with Crippen molar-refractivity contribution in [3.05, 3.63) is 101 Å². The molecular weight excluding hydrogens is 724 g/mol. The van der Waals surface area contributed by atoms with Crippen LogP contribution in [0.4, 0.5) is 0 Å². The van der Waals surface area contributed by atoms with E-state index in [1.54, 1.807) is 62.3 Å². The Morgan fingerprint density at radius 3 is 1.76 bits per heavy atom. The highest BCUT2D eigenvalue weighted by molar-refractivity contribution is 9.10. The lowest BCUT2D eigenvalue weighted by atomic mass is 9.92. The van der Waals surface area contributed by atoms with Gasteiger partial charge in [0.2, 0.25) is 0 Å². The van der Waals surface area contributed by atoms with Gasteiger partial charge in [-0.15, -0.1) is 0 Å². The number of aromatic hydroxyl groups is 1. The molecule has 1 unspecified atom stereocenters. The monoisotopic (exact) mass is 762 g/mol. The van der Waals surface area contributed by atoms with E-state index in [4.69, 9.17) is 18.9 Å². The van der Waals surface area contributed by atoms with Gasteiger partial charge in [-0.05, 0) is 147 Å². The second-order valence-electron chi connectivity index (χ2n) is 12.6. The molecule has 0 aromatic heterocycles. The van der Waals surface area contributed by atoms with Gasteiger partial charge in [0.25, 0.3) is 0 Å². The second kappa shape index (κ2) is 14.6. The van der Waals surface area contributed by atoms with E-state index in [0.29, 0.717) is 44.5 Å². The Balaban J connectivity index is 1.65. The van der Waals surface area contributed by atoms with Crippen LogP contribution >= 0.6 is 15.9 Å². The smallest absolute Gasteiger partial charge is 0.347 e. The van der Waals surface area contributed by atoms with Gasteiger partial charge in [-0.25, -0.2) is 14.4 Å². The Morgan fingerprint density at radius 2 is 1.22 bits per heavy atom. The molecule has 0 spiro atoms. The molecule has 3 aromatic carbocycles. The normalized spacial score (nSPS) is 14.0. The zero-order chi connectivity index (χ0) is 38.4. The largest absolute Gasteiger partial charge is 0.507 e. The van der Waals surface area contributed by atoms with Crippen LogP contribution in [0.5, 0.6) is 23.0 Å². The van der Waals surface area contributed by atoms with E-state index in [2.05, 4.69) is 15.9 Å². The summed E-state index contributed by atoms with van der Waals surface area (Å²) in [5.74, 6) is -4.62. The number of phenolic OH excluding ortho intramolecular Hbond substituents is 1. The summed E-state index contributed by atoms with van der Waals surface area (Å²) < 4.78 is 22.9. The van der Waals surface area contributed by atoms with Gasteiger partial charge in [0, 0.05) is 11.6 Å². The number of phenols is 1. The summed E-state index contributed by atoms with van der Waals surface area (Å²) in [6, 6.07) is 1.52. The molecule has 4 rings (SSSR count). The first-order chi connectivity index (χ1) is 23.7. The molecule has 0 saturated carbocycles. The first kappa shape index (κ1) is 38.6. The summed E-state index contributed by atoms with van der Waals surface area (Å²) >= 11 is 3.41. The fourth-order valence-electron chi connectivity index (χ4n) is 6.24. The van der Waals surface area contributed by atoms with Gasteiger partial charge in [0.15, 0.2) is 11.5 Å². The highest BCUT2D eigenvalue weighted by atomic mass is 79.9. The number of hydrogen-bond donors (Lipinski definition) is 2. The number of methoxy groups -OCH3 is 1. The van der Waals surface area contributed by atoms with Crippen molar-refractivity contribution in [2.24, 2.45) is 5.92 Å². The molecule has 51 heavy (non-hydrogen) atoms. The van der Waals surface area contributed by atoms with Gasteiger partial charge >= 0.3 is 23.9 Å². The molecule has 1 aliphatic rings. The number of rotatable bonds is 8. The lowest BCUT2D eigenvalue weighted by Crippen LogP contribution is -2.27. The van der Waals surface area contributed by atoms with Crippen LogP contribution < -0.4 is 14.2 Å². The first-order valence-electron chi connectivity index (χ1n) is 15.8. The molecule has 0 radical (unpaired) electrons. The van der Waals surface area contributed by atoms with E-state index >= 15 is 0 Å². The maximum Gasteiger partial charge on any atom is 0.347 e. The summed E-state index contributed by atoms with van der Waals surface area (Å²) in [5, 5.41) is 20.9. The van der Waals surface area contributed by atoms with Gasteiger partial charge in [0.1, 0.15) is 34.5 Å². The molecule has 0 bridgehead atoms. The van der Waals surface area contributed by atoms with E-state index in [1.165, 1.54) is 32.3 Å². The van der Waals surface area contributed by atoms with E-state index in [9.17, 15) is 34.2 Å². The summed E-state index contributed by atoms with van der Waals surface area (Å²) in [6.45, 7) is 16.4. The minimum atomic E-state index is -1.06. The average molecular weight is 764 g/mol. The molecule has 1 atom stereocenters. The minimum absolute atomic E-state index is 0.0223. The number of ketones is 1. The van der Waals surface area contributed by atoms with Gasteiger partial charge in [-0.2, -0.15) is 0 Å². The Kier molecular flexibility index (Phi) is 11.0. The SMILES string of the molecule is COC1=CC(=O)C=C(C)C1C(=O)Oc1c(C)c(O)c(C(=O)Oc2cc(C)c(C(=O)Oc3c(C)c(C)c(C(=O)O)c(C)c3C)c(C)c2C)c(C)c1Br. The van der Waals surface area contributed by atoms with Crippen molar-refractivity contribution in [1.82, 2.24) is 0 Å². The van der Waals surface area contributed by atoms with Gasteiger partial charge in [0.05, 0.1) is 22.7 Å². The molecule has 0 saturated heterocycles. The van der Waals surface area contributed by atoms with Crippen LogP contribution in [0, 0.1) is 68.2 Å². The van der Waals surface area contributed by atoms with Crippen molar-refractivity contribution < 1.29 is 53.1 Å². The number of carbonyl (C=O) groups is 5. The minimum Gasteiger partial charge on any atom is -0.507 e. The van der Waals surface area contributed by atoms with Crippen LogP contribution in [0.2, 0.25) is 0 Å². The number of carboxylic acid groups (broad SMARTS) is 1. The molecular formula is C39H39BrO11. The number of ether oxygens (including phenoxy) is 4. The number of carboxylic acids is 1. The molecule has 0 amide bonds. The topological polar surface area (TPSA) is 163 Å². The summed E-state index contributed by atoms with van der Waals surface area (Å²) in [4.78, 5) is 64.3. The average Bonchev–Trinajstić information content (AvgIpc) is 3.05. The number of allylic oxidation sites excluding steroid dienone is 2. The van der Waals surface area contributed by atoms with Gasteiger partial charge in [-0.1, -0.05) is 0 Å². The van der Waals surface area contributed by atoms with Crippen molar-refractivity contribution in [3.63, 3.8) is 0 Å². The van der Waals surface area contributed by atoms with E-state index in [0.717, 1.165) is 0 Å². The number of esters is 3. The first-order valence-corrected chi connectivity index (χ1v) is 16.6. The van der Waals surface area contributed by atoms with Crippen molar-refractivity contribution in [2.45, 2.75) is 69.2 Å². The standard InChI is InChI=1S/C39H39BrO11/c1-15-12-25(41)14-27(48-11)29(15)38(46)51-35-24(10)33(42)31(23(9)32(35)40)39(47)49-26-13-16(2)28(18(4)17(26)3)37(45)50-34-21(7)19(5)30(36(43)44)20(6)22(34)8/h12-14,29,42H,1-11H3,(H,43,44). The molecule has 12 heteroatoms. The zero-order valence-electron chi connectivity index (χ0n) is 30.3. The highest BCUT2D eigenvalue weighted by Gasteiger charge is 2.34. The Labute approximate surface area is 304 Å². The summed E-state index contributed by atoms with van der Waals surface area (Å²) in [7, 11) is 1.34. The van der Waals surface area contributed by atoms with Crippen molar-refractivity contribution in [3.8, 4) is 23.0 Å². The highest BCUT2D eigenvalue weighted by Crippen LogP contribution is 2.43. The van der Waals surface area contributed by atoms with Crippen molar-refractivity contribution in [1.29, 1.82) is 0 Å². The van der Waals surface area contributed by atoms with Crippen LogP contribution in [0.1, 0.15) is 88.1 Å². The lowest BCUT2D eigenvalue weighted by molar-refractivity contribution is -0.137. The Hall–Kier alpha value is -5.23. The molecule has 268 valence electrons. The van der Waals surface area contributed by atoms with Gasteiger partial charge < -0.3 is 29.2 Å². The van der Waals surface area contributed by atoms with Gasteiger partial charge in [-0.3, -0.25) is 9.59 Å². The maximum absolute atomic E-state index is 13.6.